The Kier molecular flexibility index (Phi) is 3.76. The summed E-state index contributed by atoms with van der Waals surface area (Å²) in [5, 5.41) is 6.07. The summed E-state index contributed by atoms with van der Waals surface area (Å²) in [4.78, 5) is 11.3. The van der Waals surface area contributed by atoms with Crippen LogP contribution in [0.15, 0.2) is 12.1 Å². The Morgan fingerprint density at radius 1 is 1.44 bits per heavy atom. The molecule has 1 unspecified atom stereocenters. The van der Waals surface area contributed by atoms with Gasteiger partial charge in [-0.25, -0.2) is 13.6 Å². The van der Waals surface area contributed by atoms with Crippen LogP contribution in [0.2, 0.25) is 0 Å². The maximum Gasteiger partial charge on any atom is 0.340 e. The van der Waals surface area contributed by atoms with Gasteiger partial charge in [0.05, 0.1) is 18.4 Å². The van der Waals surface area contributed by atoms with E-state index in [1.807, 2.05) is 0 Å². The number of benzene rings is 1. The van der Waals surface area contributed by atoms with E-state index in [1.54, 1.807) is 0 Å². The molecule has 0 saturated carbocycles. The molecule has 0 aliphatic carbocycles. The normalized spacial score (nSPS) is 18.7. The van der Waals surface area contributed by atoms with Gasteiger partial charge in [-0.3, -0.25) is 0 Å². The second-order valence-corrected chi connectivity index (χ2v) is 4.14. The minimum absolute atomic E-state index is 0.0791. The molecule has 0 radical (unpaired) electrons. The molecule has 0 aromatic heterocycles. The number of rotatable bonds is 3. The van der Waals surface area contributed by atoms with E-state index in [9.17, 15) is 13.6 Å². The third-order valence-electron chi connectivity index (χ3n) is 2.88. The van der Waals surface area contributed by atoms with Gasteiger partial charge < -0.3 is 15.4 Å². The first-order valence-corrected chi connectivity index (χ1v) is 5.66. The Labute approximate surface area is 103 Å². The van der Waals surface area contributed by atoms with Crippen molar-refractivity contribution in [1.29, 1.82) is 0 Å². The van der Waals surface area contributed by atoms with Gasteiger partial charge >= 0.3 is 5.97 Å². The van der Waals surface area contributed by atoms with Gasteiger partial charge in [0, 0.05) is 18.7 Å². The maximum absolute atomic E-state index is 13.6. The Morgan fingerprint density at radius 3 is 2.83 bits per heavy atom. The van der Waals surface area contributed by atoms with Crippen molar-refractivity contribution in [3.05, 3.63) is 29.3 Å². The molecular weight excluding hydrogens is 242 g/mol. The topological polar surface area (TPSA) is 50.4 Å². The van der Waals surface area contributed by atoms with Crippen LogP contribution in [0, 0.1) is 11.6 Å². The summed E-state index contributed by atoms with van der Waals surface area (Å²) in [6.45, 7) is 1.56. The third kappa shape index (κ3) is 2.59. The van der Waals surface area contributed by atoms with Crippen molar-refractivity contribution in [2.24, 2.45) is 0 Å². The van der Waals surface area contributed by atoms with Crippen LogP contribution in [0.4, 0.5) is 14.5 Å². The smallest absolute Gasteiger partial charge is 0.340 e. The molecule has 1 aliphatic rings. The highest BCUT2D eigenvalue weighted by molar-refractivity contribution is 5.90. The number of esters is 1. The first-order chi connectivity index (χ1) is 8.61. The average Bonchev–Trinajstić information content (AvgIpc) is 2.84. The van der Waals surface area contributed by atoms with Gasteiger partial charge in [-0.15, -0.1) is 0 Å². The highest BCUT2D eigenvalue weighted by Crippen LogP contribution is 2.21. The second kappa shape index (κ2) is 5.30. The molecule has 2 N–H and O–H groups in total. The number of halogens is 2. The number of carbonyl (C=O) groups is 1. The summed E-state index contributed by atoms with van der Waals surface area (Å²) in [6.07, 6.45) is 0.852. The van der Waals surface area contributed by atoms with Gasteiger partial charge in [0.2, 0.25) is 0 Å². The van der Waals surface area contributed by atoms with Crippen LogP contribution in [0.25, 0.3) is 0 Å². The van der Waals surface area contributed by atoms with Gasteiger partial charge in [-0.2, -0.15) is 0 Å². The van der Waals surface area contributed by atoms with Crippen LogP contribution in [-0.2, 0) is 4.74 Å². The maximum atomic E-state index is 13.6. The van der Waals surface area contributed by atoms with Gasteiger partial charge in [0.15, 0.2) is 0 Å². The van der Waals surface area contributed by atoms with E-state index in [4.69, 9.17) is 0 Å². The highest BCUT2D eigenvalue weighted by atomic mass is 19.1. The number of hydrogen-bond donors (Lipinski definition) is 2. The molecule has 0 amide bonds. The minimum Gasteiger partial charge on any atom is -0.465 e. The van der Waals surface area contributed by atoms with Gasteiger partial charge in [-0.05, 0) is 19.0 Å². The fourth-order valence-electron chi connectivity index (χ4n) is 1.92. The minimum atomic E-state index is -0.922. The van der Waals surface area contributed by atoms with Crippen LogP contribution in [0.1, 0.15) is 16.8 Å². The lowest BCUT2D eigenvalue weighted by atomic mass is 10.1. The first kappa shape index (κ1) is 12.8. The zero-order valence-corrected chi connectivity index (χ0v) is 9.93. The molecule has 6 heteroatoms. The summed E-state index contributed by atoms with van der Waals surface area (Å²) < 4.78 is 31.4. The van der Waals surface area contributed by atoms with Crippen molar-refractivity contribution >= 4 is 11.7 Å². The van der Waals surface area contributed by atoms with Crippen molar-refractivity contribution < 1.29 is 18.3 Å². The molecule has 0 bridgehead atoms. The van der Waals surface area contributed by atoms with Gasteiger partial charge in [-0.1, -0.05) is 0 Å². The number of carbonyl (C=O) groups excluding carboxylic acids is 1. The number of hydrogen-bond acceptors (Lipinski definition) is 4. The molecule has 1 heterocycles. The molecule has 1 atom stereocenters. The molecule has 1 saturated heterocycles. The molecule has 1 aliphatic heterocycles. The van der Waals surface area contributed by atoms with E-state index in [2.05, 4.69) is 15.4 Å². The van der Waals surface area contributed by atoms with Crippen LogP contribution in [0.5, 0.6) is 0 Å². The van der Waals surface area contributed by atoms with Gasteiger partial charge in [0.25, 0.3) is 0 Å². The average molecular weight is 256 g/mol. The fourth-order valence-corrected chi connectivity index (χ4v) is 1.92. The van der Waals surface area contributed by atoms with Crippen LogP contribution in [0.3, 0.4) is 0 Å². The largest absolute Gasteiger partial charge is 0.465 e. The summed E-state index contributed by atoms with van der Waals surface area (Å²) >= 11 is 0. The lowest BCUT2D eigenvalue weighted by Crippen LogP contribution is -2.23. The summed E-state index contributed by atoms with van der Waals surface area (Å²) in [5.41, 5.74) is -0.155. The first-order valence-electron chi connectivity index (χ1n) is 5.66. The number of nitrogens with one attached hydrogen (secondary N) is 2. The third-order valence-corrected chi connectivity index (χ3v) is 2.88. The zero-order chi connectivity index (χ0) is 13.1. The van der Waals surface area contributed by atoms with Crippen molar-refractivity contribution in [2.45, 2.75) is 12.5 Å². The molecule has 1 aromatic rings. The molecule has 4 nitrogen and oxygen atoms in total. The van der Waals surface area contributed by atoms with Crippen molar-refractivity contribution in [2.75, 3.05) is 25.5 Å². The molecule has 2 rings (SSSR count). The Hall–Kier alpha value is -1.69. The van der Waals surface area contributed by atoms with E-state index in [0.29, 0.717) is 12.6 Å². The molecule has 1 fully saturated rings. The molecule has 1 aromatic carbocycles. The lowest BCUT2D eigenvalue weighted by Gasteiger charge is -2.14. The standard InChI is InChI=1S/C12H14F2N2O2/c1-18-12(17)8-4-11(10(14)5-9(8)13)16-7-2-3-15-6-7/h4-5,7,15-16H,2-3,6H2,1H3. The monoisotopic (exact) mass is 256 g/mol. The number of ether oxygens (including phenoxy) is 1. The van der Waals surface area contributed by atoms with E-state index in [-0.39, 0.29) is 17.3 Å². The Morgan fingerprint density at radius 2 is 2.22 bits per heavy atom. The van der Waals surface area contributed by atoms with Crippen molar-refractivity contribution in [3.63, 3.8) is 0 Å². The molecule has 0 spiro atoms. The predicted octanol–water partition coefficient (Wildman–Crippen LogP) is 1.53. The van der Waals surface area contributed by atoms with Crippen LogP contribution >= 0.6 is 0 Å². The van der Waals surface area contributed by atoms with Crippen LogP contribution in [-0.4, -0.2) is 32.2 Å². The van der Waals surface area contributed by atoms with Gasteiger partial charge in [0.1, 0.15) is 11.6 Å². The quantitative estimate of drug-likeness (QED) is 0.805. The second-order valence-electron chi connectivity index (χ2n) is 4.14. The van der Waals surface area contributed by atoms with E-state index in [0.717, 1.165) is 26.1 Å². The molecular formula is C12H14F2N2O2. The summed E-state index contributed by atoms with van der Waals surface area (Å²) in [5.74, 6) is -2.46. The van der Waals surface area contributed by atoms with E-state index < -0.39 is 17.6 Å². The van der Waals surface area contributed by atoms with Crippen LogP contribution < -0.4 is 10.6 Å². The number of methoxy groups -OCH3 is 1. The molecule has 98 valence electrons. The van der Waals surface area contributed by atoms with Crippen molar-refractivity contribution in [1.82, 2.24) is 5.32 Å². The zero-order valence-electron chi connectivity index (χ0n) is 9.93. The summed E-state index contributed by atoms with van der Waals surface area (Å²) in [7, 11) is 1.15. The van der Waals surface area contributed by atoms with E-state index >= 15 is 0 Å². The Balaban J connectivity index is 2.25. The highest BCUT2D eigenvalue weighted by Gasteiger charge is 2.20. The SMILES string of the molecule is COC(=O)c1cc(NC2CCNC2)c(F)cc1F. The lowest BCUT2D eigenvalue weighted by molar-refractivity contribution is 0.0595. The predicted molar refractivity (Wildman–Crippen MR) is 62.6 cm³/mol. The number of anilines is 1. The summed E-state index contributed by atoms with van der Waals surface area (Å²) in [6, 6.07) is 1.92. The van der Waals surface area contributed by atoms with E-state index in [1.165, 1.54) is 0 Å². The molecule has 18 heavy (non-hydrogen) atoms. The Bertz CT molecular complexity index is 460. The fraction of sp³-hybridized carbons (Fsp3) is 0.417. The van der Waals surface area contributed by atoms with Crippen molar-refractivity contribution in [3.8, 4) is 0 Å².